The molecule has 0 amide bonds. The van der Waals surface area contributed by atoms with Crippen LogP contribution in [-0.4, -0.2) is 40.8 Å². The quantitative estimate of drug-likeness (QED) is 0.832. The van der Waals surface area contributed by atoms with E-state index in [0.29, 0.717) is 12.8 Å². The molecule has 2 aromatic rings. The van der Waals surface area contributed by atoms with Crippen molar-refractivity contribution in [1.29, 1.82) is 0 Å². The van der Waals surface area contributed by atoms with E-state index in [9.17, 15) is 13.5 Å². The molecule has 0 aliphatic heterocycles. The van der Waals surface area contributed by atoms with Gasteiger partial charge in [-0.1, -0.05) is 0 Å². The molecule has 0 unspecified atom stereocenters. The van der Waals surface area contributed by atoms with Crippen LogP contribution in [0.4, 0.5) is 0 Å². The third-order valence-electron chi connectivity index (χ3n) is 4.18. The van der Waals surface area contributed by atoms with Gasteiger partial charge < -0.3 is 9.67 Å². The van der Waals surface area contributed by atoms with Crippen LogP contribution < -0.4 is 5.14 Å². The van der Waals surface area contributed by atoms with E-state index >= 15 is 0 Å². The average molecular weight is 326 g/mol. The molecule has 1 aliphatic carbocycles. The molecule has 3 atom stereocenters. The largest absolute Gasteiger partial charge is 0.393 e. The van der Waals surface area contributed by atoms with Gasteiger partial charge in [0.15, 0.2) is 0 Å². The number of aromatic nitrogens is 3. The van der Waals surface area contributed by atoms with Crippen LogP contribution in [0.25, 0.3) is 11.0 Å². The van der Waals surface area contributed by atoms with E-state index in [1.54, 1.807) is 0 Å². The fourth-order valence-corrected chi connectivity index (χ4v) is 3.42. The number of nitrogens with two attached hydrogens (primary N) is 1. The van der Waals surface area contributed by atoms with Crippen LogP contribution in [0.15, 0.2) is 18.6 Å². The zero-order valence-electron chi connectivity index (χ0n) is 12.1. The Labute approximate surface area is 128 Å². The Kier molecular flexibility index (Phi) is 3.89. The molecule has 0 radical (unpaired) electrons. The van der Waals surface area contributed by atoms with Crippen LogP contribution in [0.2, 0.25) is 0 Å². The molecule has 0 spiro atoms. The van der Waals surface area contributed by atoms with Crippen LogP contribution in [0.1, 0.15) is 24.6 Å². The molecule has 3 N–H and O–H groups in total. The Morgan fingerprint density at radius 2 is 2.23 bits per heavy atom. The Bertz CT molecular complexity index is 788. The zero-order chi connectivity index (χ0) is 15.9. The maximum absolute atomic E-state index is 10.9. The van der Waals surface area contributed by atoms with Gasteiger partial charge in [0.2, 0.25) is 0 Å². The van der Waals surface area contributed by atoms with E-state index in [1.165, 1.54) is 6.33 Å². The maximum Gasteiger partial charge on any atom is 0.333 e. The lowest BCUT2D eigenvalue weighted by atomic mass is 10.1. The molecular weight excluding hydrogens is 308 g/mol. The summed E-state index contributed by atoms with van der Waals surface area (Å²) < 4.78 is 28.4. The Morgan fingerprint density at radius 3 is 2.95 bits per heavy atom. The van der Waals surface area contributed by atoms with E-state index in [1.807, 2.05) is 23.8 Å². The molecule has 0 aromatic carbocycles. The summed E-state index contributed by atoms with van der Waals surface area (Å²) in [5.41, 5.74) is 1.72. The second-order valence-electron chi connectivity index (χ2n) is 5.65. The lowest BCUT2D eigenvalue weighted by molar-refractivity contribution is 0.100. The summed E-state index contributed by atoms with van der Waals surface area (Å²) in [6.07, 6.45) is 3.93. The van der Waals surface area contributed by atoms with Gasteiger partial charge in [-0.15, -0.1) is 0 Å². The first-order valence-electron chi connectivity index (χ1n) is 6.98. The monoisotopic (exact) mass is 326 g/mol. The minimum atomic E-state index is -3.99. The van der Waals surface area contributed by atoms with Gasteiger partial charge in [0, 0.05) is 23.5 Å². The van der Waals surface area contributed by atoms with Crippen LogP contribution in [0.3, 0.4) is 0 Å². The van der Waals surface area contributed by atoms with Crippen LogP contribution in [0.5, 0.6) is 0 Å². The summed E-state index contributed by atoms with van der Waals surface area (Å²) in [5, 5.41) is 15.9. The molecule has 120 valence electrons. The molecular formula is C13H18N4O4S. The van der Waals surface area contributed by atoms with E-state index in [2.05, 4.69) is 14.2 Å². The van der Waals surface area contributed by atoms with Gasteiger partial charge in [-0.05, 0) is 25.8 Å². The highest BCUT2D eigenvalue weighted by Gasteiger charge is 2.35. The smallest absolute Gasteiger partial charge is 0.333 e. The highest BCUT2D eigenvalue weighted by molar-refractivity contribution is 7.84. The summed E-state index contributed by atoms with van der Waals surface area (Å²) in [7, 11) is -3.99. The molecule has 3 rings (SSSR count). The SMILES string of the molecule is Cc1ncnc2c1ccn2[C@@H]1C[C@@H](COS(N)(=O)=O)[C@@H](O)C1. The second-order valence-corrected chi connectivity index (χ2v) is 6.87. The van der Waals surface area contributed by atoms with Crippen LogP contribution in [0, 0.1) is 12.8 Å². The third kappa shape index (κ3) is 2.98. The molecule has 2 heterocycles. The summed E-state index contributed by atoms with van der Waals surface area (Å²) in [4.78, 5) is 8.46. The number of hydrogen-bond donors (Lipinski definition) is 2. The molecule has 0 saturated heterocycles. The standard InChI is InChI=1S/C13H18N4O4S/c1-8-11-2-3-17(13(11)16-7-15-8)10-4-9(12(18)5-10)6-21-22(14,19)20/h2-3,7,9-10,12,18H,4-6H2,1H3,(H2,14,19,20)/t9-,10+,12-/m0/s1. The molecule has 1 saturated carbocycles. The minimum Gasteiger partial charge on any atom is -0.393 e. The van der Waals surface area contributed by atoms with Crippen LogP contribution in [-0.2, 0) is 14.5 Å². The fraction of sp³-hybridized carbons (Fsp3) is 0.538. The van der Waals surface area contributed by atoms with E-state index in [0.717, 1.165) is 16.7 Å². The van der Waals surface area contributed by atoms with E-state index < -0.39 is 16.4 Å². The number of fused-ring (bicyclic) bond motifs is 1. The number of rotatable bonds is 4. The van der Waals surface area contributed by atoms with Crippen molar-refractivity contribution in [1.82, 2.24) is 14.5 Å². The second kappa shape index (κ2) is 5.58. The van der Waals surface area contributed by atoms with Crippen molar-refractivity contribution in [2.45, 2.75) is 31.9 Å². The van der Waals surface area contributed by atoms with Gasteiger partial charge in [0.25, 0.3) is 0 Å². The van der Waals surface area contributed by atoms with Gasteiger partial charge in [-0.25, -0.2) is 15.1 Å². The maximum atomic E-state index is 10.9. The Hall–Kier alpha value is -1.55. The molecule has 8 nitrogen and oxygen atoms in total. The summed E-state index contributed by atoms with van der Waals surface area (Å²) in [6.45, 7) is 1.81. The Morgan fingerprint density at radius 1 is 1.45 bits per heavy atom. The molecule has 1 fully saturated rings. The fourth-order valence-electron chi connectivity index (χ4n) is 3.05. The van der Waals surface area contributed by atoms with Gasteiger partial charge in [0.1, 0.15) is 12.0 Å². The van der Waals surface area contributed by atoms with Crippen molar-refractivity contribution in [3.05, 3.63) is 24.3 Å². The average Bonchev–Trinajstić information content (AvgIpc) is 3.00. The number of nitrogens with zero attached hydrogens (tertiary/aromatic N) is 3. The van der Waals surface area contributed by atoms with Crippen molar-refractivity contribution < 1.29 is 17.7 Å². The van der Waals surface area contributed by atoms with Gasteiger partial charge in [-0.3, -0.25) is 4.18 Å². The molecule has 1 aliphatic rings. The topological polar surface area (TPSA) is 120 Å². The predicted molar refractivity (Wildman–Crippen MR) is 79.1 cm³/mol. The van der Waals surface area contributed by atoms with E-state index in [-0.39, 0.29) is 18.6 Å². The van der Waals surface area contributed by atoms with E-state index in [4.69, 9.17) is 5.14 Å². The minimum absolute atomic E-state index is 0.0379. The van der Waals surface area contributed by atoms with Crippen molar-refractivity contribution >= 4 is 21.3 Å². The summed E-state index contributed by atoms with van der Waals surface area (Å²) >= 11 is 0. The summed E-state index contributed by atoms with van der Waals surface area (Å²) in [6, 6.07) is 1.99. The zero-order valence-corrected chi connectivity index (χ0v) is 12.9. The number of aliphatic hydroxyl groups is 1. The first kappa shape index (κ1) is 15.3. The lowest BCUT2D eigenvalue weighted by Crippen LogP contribution is -2.24. The highest BCUT2D eigenvalue weighted by atomic mass is 32.2. The normalized spacial score (nSPS) is 25.9. The van der Waals surface area contributed by atoms with Crippen molar-refractivity contribution in [3.63, 3.8) is 0 Å². The number of aryl methyl sites for hydroxylation is 1. The molecule has 22 heavy (non-hydrogen) atoms. The van der Waals surface area contributed by atoms with Crippen LogP contribution >= 0.6 is 0 Å². The highest BCUT2D eigenvalue weighted by Crippen LogP contribution is 2.37. The number of hydrogen-bond acceptors (Lipinski definition) is 6. The molecule has 2 aromatic heterocycles. The Balaban J connectivity index is 1.80. The first-order valence-corrected chi connectivity index (χ1v) is 8.45. The van der Waals surface area contributed by atoms with Crippen molar-refractivity contribution in [2.75, 3.05) is 6.61 Å². The van der Waals surface area contributed by atoms with Crippen molar-refractivity contribution in [2.24, 2.45) is 11.1 Å². The molecule has 9 heteroatoms. The van der Waals surface area contributed by atoms with Gasteiger partial charge in [-0.2, -0.15) is 8.42 Å². The number of aliphatic hydroxyl groups excluding tert-OH is 1. The van der Waals surface area contributed by atoms with Crippen molar-refractivity contribution in [3.8, 4) is 0 Å². The first-order chi connectivity index (χ1) is 10.3. The predicted octanol–water partition coefficient (Wildman–Crippen LogP) is 0.272. The lowest BCUT2D eigenvalue weighted by Gasteiger charge is -2.14. The summed E-state index contributed by atoms with van der Waals surface area (Å²) in [5.74, 6) is -0.274. The third-order valence-corrected chi connectivity index (χ3v) is 4.65. The molecule has 0 bridgehead atoms. The van der Waals surface area contributed by atoms with Gasteiger partial charge >= 0.3 is 10.3 Å². The van der Waals surface area contributed by atoms with Gasteiger partial charge in [0.05, 0.1) is 18.4 Å².